The minimum absolute atomic E-state index is 0.0365. The highest BCUT2D eigenvalue weighted by Crippen LogP contribution is 2.31. The lowest BCUT2D eigenvalue weighted by molar-refractivity contribution is -0.119. The van der Waals surface area contributed by atoms with E-state index in [1.807, 2.05) is 85.8 Å². The van der Waals surface area contributed by atoms with E-state index in [-0.39, 0.29) is 6.42 Å². The number of carbonyl (C=O) groups excluding carboxylic acids is 2. The molecule has 44 heavy (non-hydrogen) atoms. The summed E-state index contributed by atoms with van der Waals surface area (Å²) in [4.78, 5) is 30.7. The summed E-state index contributed by atoms with van der Waals surface area (Å²) >= 11 is 6.08. The van der Waals surface area contributed by atoms with Crippen molar-refractivity contribution in [2.45, 2.75) is 26.5 Å². The smallest absolute Gasteiger partial charge is 0.257 e. The van der Waals surface area contributed by atoms with Gasteiger partial charge >= 0.3 is 0 Å². The zero-order valence-corrected chi connectivity index (χ0v) is 25.1. The molecule has 0 spiro atoms. The van der Waals surface area contributed by atoms with Crippen LogP contribution >= 0.6 is 11.6 Å². The Morgan fingerprint density at radius 2 is 1.64 bits per heavy atom. The van der Waals surface area contributed by atoms with Crippen molar-refractivity contribution in [3.8, 4) is 11.5 Å². The van der Waals surface area contributed by atoms with E-state index in [1.165, 1.54) is 0 Å². The van der Waals surface area contributed by atoms with Crippen molar-refractivity contribution < 1.29 is 19.1 Å². The molecule has 2 heterocycles. The van der Waals surface area contributed by atoms with E-state index >= 15 is 0 Å². The van der Waals surface area contributed by atoms with Crippen molar-refractivity contribution in [1.29, 1.82) is 0 Å². The first-order valence-corrected chi connectivity index (χ1v) is 14.6. The molecule has 0 unspecified atom stereocenters. The van der Waals surface area contributed by atoms with E-state index in [0.29, 0.717) is 35.2 Å². The van der Waals surface area contributed by atoms with Gasteiger partial charge in [0, 0.05) is 39.1 Å². The van der Waals surface area contributed by atoms with Crippen molar-refractivity contribution in [2.75, 3.05) is 7.11 Å². The highest BCUT2D eigenvalue weighted by molar-refractivity contribution is 6.30. The molecule has 0 aliphatic carbocycles. The van der Waals surface area contributed by atoms with Gasteiger partial charge in [-0.2, -0.15) is 0 Å². The monoisotopic (exact) mass is 603 g/mol. The predicted molar refractivity (Wildman–Crippen MR) is 172 cm³/mol. The standard InChI is InChI=1S/C36H30ClN3O4/c1-23-31(32-19-30(43-2)17-18-34(32)40(23)21-24-7-12-27(37)13-8-24)20-35(41)39-36(42)26-10-15-29(16-11-26)44-22-28-14-9-25-5-3-4-6-33(25)38-28/h3-19H,20-22H2,1-2H3,(H,39,41,42). The van der Waals surface area contributed by atoms with Gasteiger partial charge < -0.3 is 14.0 Å². The van der Waals surface area contributed by atoms with Crippen LogP contribution in [-0.2, 0) is 24.4 Å². The highest BCUT2D eigenvalue weighted by atomic mass is 35.5. The van der Waals surface area contributed by atoms with Crippen LogP contribution in [0.15, 0.2) is 103 Å². The maximum atomic E-state index is 13.2. The van der Waals surface area contributed by atoms with Gasteiger partial charge in [-0.3, -0.25) is 14.9 Å². The van der Waals surface area contributed by atoms with Gasteiger partial charge in [-0.15, -0.1) is 0 Å². The van der Waals surface area contributed by atoms with E-state index in [9.17, 15) is 9.59 Å². The molecule has 0 bridgehead atoms. The van der Waals surface area contributed by atoms with Crippen molar-refractivity contribution in [3.63, 3.8) is 0 Å². The number of nitrogens with one attached hydrogen (secondary N) is 1. The van der Waals surface area contributed by atoms with E-state index in [4.69, 9.17) is 21.1 Å². The summed E-state index contributed by atoms with van der Waals surface area (Å²) in [6.45, 7) is 2.89. The highest BCUT2D eigenvalue weighted by Gasteiger charge is 2.19. The summed E-state index contributed by atoms with van der Waals surface area (Å²) in [5, 5.41) is 5.19. The number of amides is 2. The van der Waals surface area contributed by atoms with Gasteiger partial charge in [0.05, 0.1) is 24.7 Å². The van der Waals surface area contributed by atoms with Crippen molar-refractivity contribution in [1.82, 2.24) is 14.9 Å². The van der Waals surface area contributed by atoms with Gasteiger partial charge in [-0.25, -0.2) is 4.98 Å². The molecular weight excluding hydrogens is 574 g/mol. The third kappa shape index (κ3) is 6.28. The second kappa shape index (κ2) is 12.6. The average Bonchev–Trinajstić information content (AvgIpc) is 3.30. The number of halogens is 1. The summed E-state index contributed by atoms with van der Waals surface area (Å²) in [7, 11) is 1.61. The lowest BCUT2D eigenvalue weighted by Gasteiger charge is -2.10. The molecule has 6 rings (SSSR count). The summed E-state index contributed by atoms with van der Waals surface area (Å²) in [5.41, 5.74) is 5.90. The van der Waals surface area contributed by atoms with Gasteiger partial charge in [0.1, 0.15) is 18.1 Å². The third-order valence-corrected chi connectivity index (χ3v) is 7.92. The van der Waals surface area contributed by atoms with Crippen LogP contribution in [0.2, 0.25) is 5.02 Å². The van der Waals surface area contributed by atoms with Crippen LogP contribution in [0.1, 0.15) is 32.9 Å². The zero-order valence-electron chi connectivity index (χ0n) is 24.3. The predicted octanol–water partition coefficient (Wildman–Crippen LogP) is 7.29. The average molecular weight is 604 g/mol. The van der Waals surface area contributed by atoms with Crippen LogP contribution in [0, 0.1) is 6.92 Å². The molecular formula is C36H30ClN3O4. The fraction of sp³-hybridized carbons (Fsp3) is 0.139. The quantitative estimate of drug-likeness (QED) is 0.188. The fourth-order valence-corrected chi connectivity index (χ4v) is 5.43. The van der Waals surface area contributed by atoms with Gasteiger partial charge in [0.2, 0.25) is 5.91 Å². The first-order chi connectivity index (χ1) is 21.4. The summed E-state index contributed by atoms with van der Waals surface area (Å²) < 4.78 is 13.5. The zero-order chi connectivity index (χ0) is 30.6. The Bertz CT molecular complexity index is 1980. The number of imide groups is 1. The molecule has 4 aromatic carbocycles. The van der Waals surface area contributed by atoms with E-state index in [0.717, 1.165) is 44.3 Å². The Hall–Kier alpha value is -5.14. The Morgan fingerprint density at radius 1 is 0.886 bits per heavy atom. The van der Waals surface area contributed by atoms with Crippen LogP contribution in [0.3, 0.4) is 0 Å². The minimum atomic E-state index is -0.474. The number of carbonyl (C=O) groups is 2. The van der Waals surface area contributed by atoms with Crippen LogP contribution in [0.5, 0.6) is 11.5 Å². The first kappa shape index (κ1) is 29.0. The lowest BCUT2D eigenvalue weighted by Crippen LogP contribution is -2.31. The fourth-order valence-electron chi connectivity index (χ4n) is 5.31. The molecule has 0 fully saturated rings. The number of nitrogens with zero attached hydrogens (tertiary/aromatic N) is 2. The number of pyridine rings is 1. The number of hydrogen-bond acceptors (Lipinski definition) is 5. The van der Waals surface area contributed by atoms with Crippen LogP contribution in [0.4, 0.5) is 0 Å². The molecule has 0 atom stereocenters. The van der Waals surface area contributed by atoms with Gasteiger partial charge in [-0.1, -0.05) is 48.0 Å². The molecule has 2 amide bonds. The molecule has 1 N–H and O–H groups in total. The largest absolute Gasteiger partial charge is 0.497 e. The molecule has 220 valence electrons. The summed E-state index contributed by atoms with van der Waals surface area (Å²) in [5.74, 6) is 0.422. The SMILES string of the molecule is COc1ccc2c(c1)c(CC(=O)NC(=O)c1ccc(OCc3ccc4ccccc4n3)cc1)c(C)n2Cc1ccc(Cl)cc1. The molecule has 7 nitrogen and oxygen atoms in total. The minimum Gasteiger partial charge on any atom is -0.497 e. The van der Waals surface area contributed by atoms with Crippen molar-refractivity contribution >= 4 is 45.2 Å². The Morgan fingerprint density at radius 3 is 2.41 bits per heavy atom. The lowest BCUT2D eigenvalue weighted by atomic mass is 10.1. The number of hydrogen-bond donors (Lipinski definition) is 1. The molecule has 2 aromatic heterocycles. The van der Waals surface area contributed by atoms with E-state index < -0.39 is 11.8 Å². The first-order valence-electron chi connectivity index (χ1n) is 14.2. The van der Waals surface area contributed by atoms with Crippen LogP contribution < -0.4 is 14.8 Å². The Balaban J connectivity index is 1.13. The number of fused-ring (bicyclic) bond motifs is 2. The maximum absolute atomic E-state index is 13.2. The molecule has 8 heteroatoms. The molecule has 0 saturated heterocycles. The second-order valence-electron chi connectivity index (χ2n) is 10.5. The van der Waals surface area contributed by atoms with E-state index in [2.05, 4.69) is 14.9 Å². The molecule has 0 radical (unpaired) electrons. The van der Waals surface area contributed by atoms with Crippen molar-refractivity contribution in [2.24, 2.45) is 0 Å². The molecule has 0 aliphatic heterocycles. The number of benzene rings is 4. The Kier molecular flexibility index (Phi) is 8.30. The number of aromatic nitrogens is 2. The van der Waals surface area contributed by atoms with E-state index in [1.54, 1.807) is 31.4 Å². The topological polar surface area (TPSA) is 82.4 Å². The number of para-hydroxylation sites is 1. The number of rotatable bonds is 9. The van der Waals surface area contributed by atoms with Gasteiger partial charge in [-0.05, 0) is 84.8 Å². The van der Waals surface area contributed by atoms with Gasteiger partial charge in [0.25, 0.3) is 5.91 Å². The number of ether oxygens (including phenoxy) is 2. The summed E-state index contributed by atoms with van der Waals surface area (Å²) in [6, 6.07) is 32.1. The third-order valence-electron chi connectivity index (χ3n) is 7.66. The normalized spacial score (nSPS) is 11.1. The van der Waals surface area contributed by atoms with Crippen molar-refractivity contribution in [3.05, 3.63) is 136 Å². The Labute approximate surface area is 260 Å². The van der Waals surface area contributed by atoms with Crippen LogP contribution in [-0.4, -0.2) is 28.5 Å². The number of methoxy groups -OCH3 is 1. The molecule has 0 saturated carbocycles. The second-order valence-corrected chi connectivity index (χ2v) is 11.0. The molecule has 6 aromatic rings. The maximum Gasteiger partial charge on any atom is 0.257 e. The van der Waals surface area contributed by atoms with Crippen LogP contribution in [0.25, 0.3) is 21.8 Å². The van der Waals surface area contributed by atoms with Gasteiger partial charge in [0.15, 0.2) is 0 Å². The summed E-state index contributed by atoms with van der Waals surface area (Å²) in [6.07, 6.45) is 0.0365. The molecule has 0 aliphatic rings.